The number of carbonyl (C=O) groups is 1. The molecule has 2 N–H and O–H groups in total. The van der Waals surface area contributed by atoms with Crippen molar-refractivity contribution in [3.8, 4) is 0 Å². The molecule has 5 rings (SSSR count). The fraction of sp³-hybridized carbons (Fsp3) is 0.591. The quantitative estimate of drug-likeness (QED) is 0.238. The van der Waals surface area contributed by atoms with Gasteiger partial charge in [-0.05, 0) is 6.42 Å². The number of carbonyl (C=O) groups excluding carboxylic acids is 1. The molecule has 5 heterocycles. The molecular weight excluding hydrogens is 564 g/mol. The summed E-state index contributed by atoms with van der Waals surface area (Å²) >= 11 is 1.96. The highest BCUT2D eigenvalue weighted by Gasteiger charge is 2.49. The minimum absolute atomic E-state index is 0.0578. The lowest BCUT2D eigenvalue weighted by molar-refractivity contribution is 0.143. The van der Waals surface area contributed by atoms with E-state index in [0.29, 0.717) is 16.4 Å². The molecule has 1 aliphatic heterocycles. The SMILES string of the molecule is [2H]C(c1c(C(F)F)nc2sc(COC)nn12)C1(C([2H])c2c(C(F)F)nc3sc(COC)nn23)NC(=O)NC1CCC. The number of fused-ring (bicyclic) bond motifs is 2. The van der Waals surface area contributed by atoms with Crippen molar-refractivity contribution in [3.05, 3.63) is 32.8 Å². The number of aromatic nitrogens is 6. The van der Waals surface area contributed by atoms with E-state index >= 15 is 0 Å². The molecule has 1 saturated heterocycles. The van der Waals surface area contributed by atoms with Crippen molar-refractivity contribution in [1.82, 2.24) is 39.8 Å². The summed E-state index contributed by atoms with van der Waals surface area (Å²) in [5.74, 6) is 0. The van der Waals surface area contributed by atoms with E-state index in [-0.39, 0.29) is 40.9 Å². The standard InChI is InChI=1S/C22H26F4N8O3S2/c1-4-5-12-22(30-19(35)27-12,6-10-15(17(23)24)28-20-33(10)31-13(38-20)8-36-2)7-11-16(18(25)26)29-21-34(11)32-14(39-21)9-37-3/h12,17-18H,4-9H2,1-3H3,(H2,27,30,35)/i6D,7D. The highest BCUT2D eigenvalue weighted by atomic mass is 32.1. The zero-order chi connectivity index (χ0) is 29.6. The third kappa shape index (κ3) is 5.07. The Morgan fingerprint density at radius 2 is 1.46 bits per heavy atom. The van der Waals surface area contributed by atoms with Gasteiger partial charge >= 0.3 is 6.03 Å². The lowest BCUT2D eigenvalue weighted by Gasteiger charge is -2.34. The van der Waals surface area contributed by atoms with Gasteiger partial charge in [0.15, 0.2) is 0 Å². The highest BCUT2D eigenvalue weighted by molar-refractivity contribution is 7.17. The first kappa shape index (κ1) is 25.1. The molecule has 11 nitrogen and oxygen atoms in total. The van der Waals surface area contributed by atoms with E-state index in [1.54, 1.807) is 6.92 Å². The van der Waals surface area contributed by atoms with Gasteiger partial charge in [-0.3, -0.25) is 0 Å². The van der Waals surface area contributed by atoms with Crippen LogP contribution in [0.1, 0.15) is 68.1 Å². The van der Waals surface area contributed by atoms with Gasteiger partial charge in [0.05, 0.1) is 36.2 Å². The van der Waals surface area contributed by atoms with Crippen LogP contribution in [0.15, 0.2) is 0 Å². The molecule has 1 fully saturated rings. The molecule has 2 amide bonds. The third-order valence-corrected chi connectivity index (χ3v) is 7.87. The Morgan fingerprint density at radius 1 is 0.974 bits per heavy atom. The van der Waals surface area contributed by atoms with E-state index < -0.39 is 54.6 Å². The summed E-state index contributed by atoms with van der Waals surface area (Å²) < 4.78 is 88.4. The molecule has 0 radical (unpaired) electrons. The molecular formula is C22H26F4N8O3S2. The van der Waals surface area contributed by atoms with Crippen molar-refractivity contribution in [2.24, 2.45) is 0 Å². The summed E-state index contributed by atoms with van der Waals surface area (Å²) in [6.45, 7) is 1.91. The first-order valence-electron chi connectivity index (χ1n) is 13.0. The van der Waals surface area contributed by atoms with Crippen LogP contribution in [0.2, 0.25) is 0 Å². The van der Waals surface area contributed by atoms with E-state index in [1.807, 2.05) is 0 Å². The van der Waals surface area contributed by atoms with Gasteiger partial charge in [0, 0.05) is 29.8 Å². The van der Waals surface area contributed by atoms with E-state index in [0.717, 1.165) is 31.7 Å². The third-order valence-electron chi connectivity index (χ3n) is 6.11. The predicted octanol–water partition coefficient (Wildman–Crippen LogP) is 4.07. The lowest BCUT2D eigenvalue weighted by Crippen LogP contribution is -2.54. The summed E-state index contributed by atoms with van der Waals surface area (Å²) in [4.78, 5) is 21.0. The number of nitrogens with one attached hydrogen (secondary N) is 2. The zero-order valence-electron chi connectivity index (χ0n) is 23.0. The van der Waals surface area contributed by atoms with Gasteiger partial charge in [-0.1, -0.05) is 36.0 Å². The van der Waals surface area contributed by atoms with Crippen molar-refractivity contribution in [1.29, 1.82) is 0 Å². The highest BCUT2D eigenvalue weighted by Crippen LogP contribution is 2.36. The second-order valence-electron chi connectivity index (χ2n) is 8.77. The molecule has 4 aromatic rings. The van der Waals surface area contributed by atoms with Crippen LogP contribution < -0.4 is 10.6 Å². The second-order valence-corrected chi connectivity index (χ2v) is 10.9. The molecule has 0 saturated carbocycles. The van der Waals surface area contributed by atoms with Gasteiger partial charge < -0.3 is 20.1 Å². The number of rotatable bonds is 12. The van der Waals surface area contributed by atoms with Crippen molar-refractivity contribution >= 4 is 38.6 Å². The number of imidazole rings is 2. The molecule has 0 bridgehead atoms. The van der Waals surface area contributed by atoms with Crippen LogP contribution in [0.3, 0.4) is 0 Å². The maximum Gasteiger partial charge on any atom is 0.315 e. The molecule has 4 aromatic heterocycles. The zero-order valence-corrected chi connectivity index (χ0v) is 22.6. The summed E-state index contributed by atoms with van der Waals surface area (Å²) in [7, 11) is 2.86. The van der Waals surface area contributed by atoms with Gasteiger partial charge in [0.25, 0.3) is 12.9 Å². The van der Waals surface area contributed by atoms with Crippen molar-refractivity contribution in [2.75, 3.05) is 14.2 Å². The van der Waals surface area contributed by atoms with Gasteiger partial charge in [-0.2, -0.15) is 10.2 Å². The Hall–Kier alpha value is -2.89. The molecule has 3 unspecified atom stereocenters. The van der Waals surface area contributed by atoms with Crippen LogP contribution in [0, 0.1) is 0 Å². The van der Waals surface area contributed by atoms with Crippen molar-refractivity contribution < 1.29 is 34.6 Å². The maximum atomic E-state index is 14.3. The van der Waals surface area contributed by atoms with Crippen LogP contribution in [-0.4, -0.2) is 61.0 Å². The summed E-state index contributed by atoms with van der Waals surface area (Å²) in [5.41, 5.74) is -4.27. The van der Waals surface area contributed by atoms with Gasteiger partial charge in [-0.25, -0.2) is 41.4 Å². The largest absolute Gasteiger partial charge is 0.377 e. The number of amides is 2. The summed E-state index contributed by atoms with van der Waals surface area (Å²) in [6, 6.07) is -1.76. The molecule has 17 heteroatoms. The number of methoxy groups -OCH3 is 2. The Balaban J connectivity index is 1.75. The topological polar surface area (TPSA) is 120 Å². The fourth-order valence-corrected chi connectivity index (χ4v) is 6.32. The second kappa shape index (κ2) is 10.9. The number of alkyl halides is 4. The molecule has 3 atom stereocenters. The maximum absolute atomic E-state index is 14.3. The van der Waals surface area contributed by atoms with Crippen LogP contribution >= 0.6 is 22.7 Å². The average molecular weight is 593 g/mol. The average Bonchev–Trinajstić information content (AvgIpc) is 3.69. The molecule has 0 aliphatic carbocycles. The fourth-order valence-electron chi connectivity index (χ4n) is 4.56. The first-order valence-corrected chi connectivity index (χ1v) is 13.4. The van der Waals surface area contributed by atoms with Crippen molar-refractivity contribution in [2.45, 2.75) is 70.2 Å². The van der Waals surface area contributed by atoms with Gasteiger partial charge in [0.1, 0.15) is 21.4 Å². The molecule has 0 aromatic carbocycles. The lowest BCUT2D eigenvalue weighted by atomic mass is 9.80. The molecule has 0 spiro atoms. The van der Waals surface area contributed by atoms with Crippen molar-refractivity contribution in [3.63, 3.8) is 0 Å². The van der Waals surface area contributed by atoms with E-state index in [1.165, 1.54) is 14.2 Å². The van der Waals surface area contributed by atoms with E-state index in [4.69, 9.17) is 9.47 Å². The van der Waals surface area contributed by atoms with Crippen LogP contribution in [0.4, 0.5) is 22.4 Å². The molecule has 212 valence electrons. The first-order chi connectivity index (χ1) is 19.6. The predicted molar refractivity (Wildman–Crippen MR) is 134 cm³/mol. The number of hydrogen-bond acceptors (Lipinski definition) is 9. The number of hydrogen-bond donors (Lipinski definition) is 2. The Bertz CT molecular complexity index is 1460. The Morgan fingerprint density at radius 3 is 1.87 bits per heavy atom. The summed E-state index contributed by atoms with van der Waals surface area (Å²) in [5, 5.41) is 14.7. The van der Waals surface area contributed by atoms with Crippen LogP contribution in [0.5, 0.6) is 0 Å². The Kier molecular flexibility index (Phi) is 7.04. The van der Waals surface area contributed by atoms with Gasteiger partial charge in [-0.15, -0.1) is 0 Å². The minimum atomic E-state index is -3.12. The minimum Gasteiger partial charge on any atom is -0.377 e. The number of nitrogens with zero attached hydrogens (tertiary/aromatic N) is 6. The number of ether oxygens (including phenoxy) is 2. The summed E-state index contributed by atoms with van der Waals surface area (Å²) in [6.07, 6.45) is -9.21. The van der Waals surface area contributed by atoms with Crippen LogP contribution in [-0.2, 0) is 35.5 Å². The van der Waals surface area contributed by atoms with Crippen LogP contribution in [0.25, 0.3) is 9.92 Å². The van der Waals surface area contributed by atoms with E-state index in [2.05, 4.69) is 30.8 Å². The number of urea groups is 1. The Labute approximate surface area is 230 Å². The molecule has 1 aliphatic rings. The monoisotopic (exact) mass is 592 g/mol. The molecule has 39 heavy (non-hydrogen) atoms. The normalized spacial score (nSPS) is 22.1. The smallest absolute Gasteiger partial charge is 0.315 e. The number of halogens is 4. The van der Waals surface area contributed by atoms with Gasteiger partial charge in [0.2, 0.25) is 9.92 Å². The van der Waals surface area contributed by atoms with E-state index in [9.17, 15) is 25.1 Å².